The summed E-state index contributed by atoms with van der Waals surface area (Å²) in [5.74, 6) is 0.0954. The summed E-state index contributed by atoms with van der Waals surface area (Å²) in [5, 5.41) is 9.97. The molecule has 0 aliphatic rings. The molecule has 0 spiro atoms. The minimum Gasteiger partial charge on any atom is -0.350 e. The maximum Gasteiger partial charge on any atom is 0.221 e. The molecular weight excluding hydrogens is 196 g/mol. The second-order valence-corrected chi connectivity index (χ2v) is 3.98. The van der Waals surface area contributed by atoms with Gasteiger partial charge >= 0.3 is 0 Å². The topological polar surface area (TPSA) is 41.1 Å². The molecule has 1 aromatic rings. The van der Waals surface area contributed by atoms with Crippen LogP contribution in [-0.4, -0.2) is 19.5 Å². The molecule has 1 unspecified atom stereocenters. The number of nitrogens with one attached hydrogen (secondary N) is 2. The van der Waals surface area contributed by atoms with Crippen molar-refractivity contribution < 1.29 is 4.79 Å². The van der Waals surface area contributed by atoms with Crippen LogP contribution in [0, 0.1) is 0 Å². The van der Waals surface area contributed by atoms with Gasteiger partial charge in [0.25, 0.3) is 0 Å². The SMILES string of the molecule is CNCCC(=O)NC(C)c1ccsc1. The first kappa shape index (κ1) is 11.2. The predicted octanol–water partition coefficient (Wildman–Crippen LogP) is 1.53. The van der Waals surface area contributed by atoms with Crippen molar-refractivity contribution in [2.24, 2.45) is 0 Å². The zero-order chi connectivity index (χ0) is 10.4. The van der Waals surface area contributed by atoms with Crippen LogP contribution in [0.3, 0.4) is 0 Å². The number of thiophene rings is 1. The van der Waals surface area contributed by atoms with Crippen molar-refractivity contribution in [2.45, 2.75) is 19.4 Å². The highest BCUT2D eigenvalue weighted by atomic mass is 32.1. The Balaban J connectivity index is 2.33. The molecule has 0 fully saturated rings. The van der Waals surface area contributed by atoms with Gasteiger partial charge in [-0.2, -0.15) is 11.3 Å². The van der Waals surface area contributed by atoms with Gasteiger partial charge < -0.3 is 10.6 Å². The smallest absolute Gasteiger partial charge is 0.221 e. The first-order chi connectivity index (χ1) is 6.74. The molecule has 0 bridgehead atoms. The number of amides is 1. The molecule has 14 heavy (non-hydrogen) atoms. The minimum absolute atomic E-state index is 0.0954. The number of rotatable bonds is 5. The van der Waals surface area contributed by atoms with Gasteiger partial charge in [0.05, 0.1) is 6.04 Å². The third-order valence-electron chi connectivity index (χ3n) is 2.02. The fraction of sp³-hybridized carbons (Fsp3) is 0.500. The lowest BCUT2D eigenvalue weighted by Gasteiger charge is -2.12. The zero-order valence-corrected chi connectivity index (χ0v) is 9.36. The highest BCUT2D eigenvalue weighted by Gasteiger charge is 2.08. The Morgan fingerprint density at radius 3 is 3.00 bits per heavy atom. The summed E-state index contributed by atoms with van der Waals surface area (Å²) in [5.41, 5.74) is 1.17. The van der Waals surface area contributed by atoms with Gasteiger partial charge in [0.2, 0.25) is 5.91 Å². The average molecular weight is 212 g/mol. The van der Waals surface area contributed by atoms with E-state index in [2.05, 4.69) is 16.0 Å². The lowest BCUT2D eigenvalue weighted by molar-refractivity contribution is -0.121. The predicted molar refractivity (Wildman–Crippen MR) is 59.4 cm³/mol. The second-order valence-electron chi connectivity index (χ2n) is 3.20. The second kappa shape index (κ2) is 5.78. The molecule has 1 aromatic heterocycles. The normalized spacial score (nSPS) is 12.4. The molecule has 0 aromatic carbocycles. The van der Waals surface area contributed by atoms with Crippen molar-refractivity contribution in [3.8, 4) is 0 Å². The maximum atomic E-state index is 11.4. The first-order valence-corrected chi connectivity index (χ1v) is 5.64. The van der Waals surface area contributed by atoms with E-state index in [0.717, 1.165) is 6.54 Å². The molecule has 78 valence electrons. The molecule has 1 amide bonds. The Labute approximate surface area is 88.5 Å². The molecule has 2 N–H and O–H groups in total. The van der Waals surface area contributed by atoms with Crippen LogP contribution in [-0.2, 0) is 4.79 Å². The van der Waals surface area contributed by atoms with Crippen LogP contribution in [0.25, 0.3) is 0 Å². The summed E-state index contributed by atoms with van der Waals surface area (Å²) in [4.78, 5) is 11.4. The third kappa shape index (κ3) is 3.47. The van der Waals surface area contributed by atoms with Gasteiger partial charge in [0, 0.05) is 13.0 Å². The molecule has 1 rings (SSSR count). The molecule has 0 saturated heterocycles. The molecule has 1 heterocycles. The molecule has 0 saturated carbocycles. The Hall–Kier alpha value is -0.870. The summed E-state index contributed by atoms with van der Waals surface area (Å²) in [7, 11) is 1.84. The zero-order valence-electron chi connectivity index (χ0n) is 8.54. The lowest BCUT2D eigenvalue weighted by atomic mass is 10.2. The summed E-state index contributed by atoms with van der Waals surface area (Å²) in [6, 6.07) is 2.15. The quantitative estimate of drug-likeness (QED) is 0.777. The van der Waals surface area contributed by atoms with E-state index in [1.54, 1.807) is 11.3 Å². The Morgan fingerprint density at radius 2 is 2.43 bits per heavy atom. The highest BCUT2D eigenvalue weighted by molar-refractivity contribution is 7.07. The standard InChI is InChI=1S/C10H16N2OS/c1-8(9-4-6-14-7-9)12-10(13)3-5-11-2/h4,6-8,11H,3,5H2,1-2H3,(H,12,13). The third-order valence-corrected chi connectivity index (χ3v) is 2.72. The van der Waals surface area contributed by atoms with Crippen LogP contribution in [0.2, 0.25) is 0 Å². The summed E-state index contributed by atoms with van der Waals surface area (Å²) >= 11 is 1.65. The van der Waals surface area contributed by atoms with Crippen molar-refractivity contribution in [2.75, 3.05) is 13.6 Å². The van der Waals surface area contributed by atoms with Gasteiger partial charge in [0.1, 0.15) is 0 Å². The van der Waals surface area contributed by atoms with Crippen LogP contribution in [0.5, 0.6) is 0 Å². The van der Waals surface area contributed by atoms with E-state index in [1.165, 1.54) is 5.56 Å². The van der Waals surface area contributed by atoms with E-state index in [0.29, 0.717) is 6.42 Å². The Bertz CT molecular complexity index is 272. The molecular formula is C10H16N2OS. The van der Waals surface area contributed by atoms with E-state index in [9.17, 15) is 4.79 Å². The van der Waals surface area contributed by atoms with Gasteiger partial charge in [-0.25, -0.2) is 0 Å². The van der Waals surface area contributed by atoms with Crippen molar-refractivity contribution in [1.29, 1.82) is 0 Å². The number of hydrogen-bond donors (Lipinski definition) is 2. The summed E-state index contributed by atoms with van der Waals surface area (Å²) < 4.78 is 0. The van der Waals surface area contributed by atoms with E-state index >= 15 is 0 Å². The lowest BCUT2D eigenvalue weighted by Crippen LogP contribution is -2.28. The van der Waals surface area contributed by atoms with Crippen molar-refractivity contribution in [3.63, 3.8) is 0 Å². The van der Waals surface area contributed by atoms with E-state index in [-0.39, 0.29) is 11.9 Å². The molecule has 0 aliphatic carbocycles. The monoisotopic (exact) mass is 212 g/mol. The van der Waals surface area contributed by atoms with Crippen LogP contribution in [0.4, 0.5) is 0 Å². The van der Waals surface area contributed by atoms with Crippen LogP contribution in [0.1, 0.15) is 24.9 Å². The molecule has 0 radical (unpaired) electrons. The molecule has 1 atom stereocenters. The Kier molecular flexibility index (Phi) is 4.62. The Morgan fingerprint density at radius 1 is 1.64 bits per heavy atom. The van der Waals surface area contributed by atoms with E-state index in [4.69, 9.17) is 0 Å². The van der Waals surface area contributed by atoms with Gasteiger partial charge in [-0.1, -0.05) is 0 Å². The van der Waals surface area contributed by atoms with E-state index < -0.39 is 0 Å². The first-order valence-electron chi connectivity index (χ1n) is 4.70. The largest absolute Gasteiger partial charge is 0.350 e. The van der Waals surface area contributed by atoms with Gasteiger partial charge in [-0.15, -0.1) is 0 Å². The number of carbonyl (C=O) groups is 1. The van der Waals surface area contributed by atoms with Gasteiger partial charge in [-0.05, 0) is 36.4 Å². The summed E-state index contributed by atoms with van der Waals surface area (Å²) in [6.45, 7) is 2.72. The van der Waals surface area contributed by atoms with Crippen molar-refractivity contribution >= 4 is 17.2 Å². The van der Waals surface area contributed by atoms with Gasteiger partial charge in [-0.3, -0.25) is 4.79 Å². The maximum absolute atomic E-state index is 11.4. The van der Waals surface area contributed by atoms with Crippen molar-refractivity contribution in [3.05, 3.63) is 22.4 Å². The average Bonchev–Trinajstić information content (AvgIpc) is 2.67. The fourth-order valence-corrected chi connectivity index (χ4v) is 1.91. The van der Waals surface area contributed by atoms with E-state index in [1.807, 2.05) is 25.4 Å². The van der Waals surface area contributed by atoms with Crippen LogP contribution < -0.4 is 10.6 Å². The van der Waals surface area contributed by atoms with Gasteiger partial charge in [0.15, 0.2) is 0 Å². The molecule has 3 nitrogen and oxygen atoms in total. The minimum atomic E-state index is 0.0954. The fourth-order valence-electron chi connectivity index (χ4n) is 1.16. The number of carbonyl (C=O) groups excluding carboxylic acids is 1. The van der Waals surface area contributed by atoms with Crippen LogP contribution >= 0.6 is 11.3 Å². The van der Waals surface area contributed by atoms with Crippen LogP contribution in [0.15, 0.2) is 16.8 Å². The van der Waals surface area contributed by atoms with Crippen molar-refractivity contribution in [1.82, 2.24) is 10.6 Å². The highest BCUT2D eigenvalue weighted by Crippen LogP contribution is 2.15. The molecule has 0 aliphatic heterocycles. The molecule has 4 heteroatoms. The summed E-state index contributed by atoms with van der Waals surface area (Å²) in [6.07, 6.45) is 0.533. The number of hydrogen-bond acceptors (Lipinski definition) is 3.